The van der Waals surface area contributed by atoms with Crippen LogP contribution in [-0.4, -0.2) is 47.1 Å². The lowest BCUT2D eigenvalue weighted by atomic mass is 10.3. The number of hydrogen-bond donors (Lipinski definition) is 0. The molecule has 0 aliphatic heterocycles. The molecule has 0 fully saturated rings. The Bertz CT molecular complexity index is 667. The predicted octanol–water partition coefficient (Wildman–Crippen LogP) is 2.51. The number of aromatic nitrogens is 2. The summed E-state index contributed by atoms with van der Waals surface area (Å²) in [4.78, 5) is 17.5. The van der Waals surface area contributed by atoms with Crippen molar-refractivity contribution in [3.8, 4) is 0 Å². The molecule has 8 heteroatoms. The monoisotopic (exact) mass is 315 g/mol. The minimum atomic E-state index is -4.18. The lowest BCUT2D eigenvalue weighted by Crippen LogP contribution is -2.24. The molecule has 5 nitrogen and oxygen atoms in total. The van der Waals surface area contributed by atoms with E-state index in [0.29, 0.717) is 16.9 Å². The van der Waals surface area contributed by atoms with E-state index < -0.39 is 18.6 Å². The number of pyridine rings is 1. The maximum atomic E-state index is 12.2. The second kappa shape index (κ2) is 6.35. The number of nitrogens with zero attached hydrogens (tertiary/aromatic N) is 3. The number of ether oxygens (including phenoxy) is 1. The number of rotatable bonds is 5. The van der Waals surface area contributed by atoms with Crippen LogP contribution in [0, 0.1) is 0 Å². The number of halogens is 3. The first-order valence-electron chi connectivity index (χ1n) is 6.60. The van der Waals surface area contributed by atoms with Crippen LogP contribution < -0.4 is 0 Å². The lowest BCUT2D eigenvalue weighted by Gasteiger charge is -2.16. The SMILES string of the molecule is COC(=O)c1cccn2cc(CN(C)CCC(F)(F)F)nc12. The summed E-state index contributed by atoms with van der Waals surface area (Å²) in [5.41, 5.74) is 1.32. The van der Waals surface area contributed by atoms with Crippen LogP contribution in [0.1, 0.15) is 22.5 Å². The van der Waals surface area contributed by atoms with Gasteiger partial charge in [-0.1, -0.05) is 0 Å². The highest BCUT2D eigenvalue weighted by atomic mass is 19.4. The van der Waals surface area contributed by atoms with Crippen molar-refractivity contribution in [2.45, 2.75) is 19.1 Å². The van der Waals surface area contributed by atoms with E-state index in [1.54, 1.807) is 36.0 Å². The molecule has 2 aromatic rings. The molecular weight excluding hydrogens is 299 g/mol. The number of esters is 1. The maximum Gasteiger partial charge on any atom is 0.390 e. The molecule has 2 heterocycles. The van der Waals surface area contributed by atoms with Crippen LogP contribution in [0.4, 0.5) is 13.2 Å². The van der Waals surface area contributed by atoms with E-state index >= 15 is 0 Å². The zero-order valence-electron chi connectivity index (χ0n) is 12.2. The average Bonchev–Trinajstić information content (AvgIpc) is 2.85. The summed E-state index contributed by atoms with van der Waals surface area (Å²) in [6, 6.07) is 3.27. The minimum Gasteiger partial charge on any atom is -0.465 e. The fraction of sp³-hybridized carbons (Fsp3) is 0.429. The third-order valence-electron chi connectivity index (χ3n) is 3.15. The highest BCUT2D eigenvalue weighted by Crippen LogP contribution is 2.20. The third kappa shape index (κ3) is 3.97. The van der Waals surface area contributed by atoms with Crippen molar-refractivity contribution < 1.29 is 22.7 Å². The molecule has 0 aliphatic rings. The van der Waals surface area contributed by atoms with Gasteiger partial charge in [0.25, 0.3) is 0 Å². The highest BCUT2D eigenvalue weighted by molar-refractivity contribution is 5.95. The van der Waals surface area contributed by atoms with Gasteiger partial charge in [0.2, 0.25) is 0 Å². The van der Waals surface area contributed by atoms with Crippen LogP contribution in [0.3, 0.4) is 0 Å². The molecule has 0 atom stereocenters. The van der Waals surface area contributed by atoms with Crippen molar-refractivity contribution in [3.05, 3.63) is 35.8 Å². The van der Waals surface area contributed by atoms with Gasteiger partial charge in [0.1, 0.15) is 5.56 Å². The Morgan fingerprint density at radius 3 is 2.82 bits per heavy atom. The standard InChI is InChI=1S/C14H16F3N3O2/c1-19(7-5-14(15,16)17)8-10-9-20-6-3-4-11(12(20)18-10)13(21)22-2/h3-4,6,9H,5,7-8H2,1-2H3. The minimum absolute atomic E-state index is 0.110. The van der Waals surface area contributed by atoms with Crippen LogP contribution in [0.5, 0.6) is 0 Å². The zero-order valence-corrected chi connectivity index (χ0v) is 12.2. The van der Waals surface area contributed by atoms with Crippen LogP contribution in [0.25, 0.3) is 5.65 Å². The first-order valence-corrected chi connectivity index (χ1v) is 6.60. The summed E-state index contributed by atoms with van der Waals surface area (Å²) in [5, 5.41) is 0. The number of hydrogen-bond acceptors (Lipinski definition) is 4. The van der Waals surface area contributed by atoms with E-state index in [2.05, 4.69) is 9.72 Å². The smallest absolute Gasteiger partial charge is 0.390 e. The molecule has 0 radical (unpaired) electrons. The Balaban J connectivity index is 2.14. The molecule has 0 N–H and O–H groups in total. The second-order valence-electron chi connectivity index (χ2n) is 4.98. The number of carbonyl (C=O) groups is 1. The quantitative estimate of drug-likeness (QED) is 0.796. The molecular formula is C14H16F3N3O2. The van der Waals surface area contributed by atoms with Gasteiger partial charge < -0.3 is 14.0 Å². The van der Waals surface area contributed by atoms with E-state index in [0.717, 1.165) is 0 Å². The van der Waals surface area contributed by atoms with Gasteiger partial charge in [-0.15, -0.1) is 0 Å². The maximum absolute atomic E-state index is 12.2. The van der Waals surface area contributed by atoms with Crippen molar-refractivity contribution in [2.75, 3.05) is 20.7 Å². The first-order chi connectivity index (χ1) is 10.3. The molecule has 120 valence electrons. The Kier molecular flexibility index (Phi) is 4.70. The third-order valence-corrected chi connectivity index (χ3v) is 3.15. The molecule has 0 spiro atoms. The van der Waals surface area contributed by atoms with Gasteiger partial charge >= 0.3 is 12.1 Å². The van der Waals surface area contributed by atoms with Gasteiger partial charge in [0, 0.05) is 25.5 Å². The van der Waals surface area contributed by atoms with Crippen LogP contribution in [0.15, 0.2) is 24.5 Å². The fourth-order valence-electron chi connectivity index (χ4n) is 2.08. The van der Waals surface area contributed by atoms with Crippen molar-refractivity contribution in [3.63, 3.8) is 0 Å². The summed E-state index contributed by atoms with van der Waals surface area (Å²) >= 11 is 0. The largest absolute Gasteiger partial charge is 0.465 e. The number of alkyl halides is 3. The number of imidazole rings is 1. The van der Waals surface area contributed by atoms with Crippen molar-refractivity contribution in [2.24, 2.45) is 0 Å². The van der Waals surface area contributed by atoms with Gasteiger partial charge in [-0.05, 0) is 19.2 Å². The summed E-state index contributed by atoms with van der Waals surface area (Å²) in [7, 11) is 2.87. The Morgan fingerprint density at radius 1 is 1.45 bits per heavy atom. The lowest BCUT2D eigenvalue weighted by molar-refractivity contribution is -0.137. The van der Waals surface area contributed by atoms with Gasteiger partial charge in [-0.3, -0.25) is 0 Å². The van der Waals surface area contributed by atoms with Gasteiger partial charge in [0.15, 0.2) is 5.65 Å². The van der Waals surface area contributed by atoms with Crippen molar-refractivity contribution in [1.82, 2.24) is 14.3 Å². The Hall–Kier alpha value is -2.09. The molecule has 0 aliphatic carbocycles. The van der Waals surface area contributed by atoms with E-state index in [-0.39, 0.29) is 13.1 Å². The average molecular weight is 315 g/mol. The molecule has 2 rings (SSSR count). The molecule has 2 aromatic heterocycles. The van der Waals surface area contributed by atoms with Crippen molar-refractivity contribution in [1.29, 1.82) is 0 Å². The topological polar surface area (TPSA) is 46.8 Å². The number of fused-ring (bicyclic) bond motifs is 1. The molecule has 0 amide bonds. The number of methoxy groups -OCH3 is 1. The molecule has 0 unspecified atom stereocenters. The molecule has 22 heavy (non-hydrogen) atoms. The first kappa shape index (κ1) is 16.3. The second-order valence-corrected chi connectivity index (χ2v) is 4.98. The van der Waals surface area contributed by atoms with Crippen LogP contribution in [0.2, 0.25) is 0 Å². The van der Waals surface area contributed by atoms with E-state index in [1.807, 2.05) is 0 Å². The van der Waals surface area contributed by atoms with Crippen LogP contribution >= 0.6 is 0 Å². The molecule has 0 aromatic carbocycles. The molecule has 0 bridgehead atoms. The van der Waals surface area contributed by atoms with Gasteiger partial charge in [-0.2, -0.15) is 13.2 Å². The normalized spacial score (nSPS) is 12.1. The van der Waals surface area contributed by atoms with E-state index in [4.69, 9.17) is 0 Å². The summed E-state index contributed by atoms with van der Waals surface area (Å²) in [6.07, 6.45) is -1.64. The highest BCUT2D eigenvalue weighted by Gasteiger charge is 2.27. The fourth-order valence-corrected chi connectivity index (χ4v) is 2.08. The van der Waals surface area contributed by atoms with Crippen LogP contribution in [-0.2, 0) is 11.3 Å². The van der Waals surface area contributed by atoms with Crippen molar-refractivity contribution >= 4 is 11.6 Å². The summed E-state index contributed by atoms with van der Waals surface area (Å²) in [5.74, 6) is -0.506. The van der Waals surface area contributed by atoms with E-state index in [1.165, 1.54) is 12.0 Å². The van der Waals surface area contributed by atoms with Gasteiger partial charge in [-0.25, -0.2) is 9.78 Å². The Labute approximate surface area is 125 Å². The van der Waals surface area contributed by atoms with E-state index in [9.17, 15) is 18.0 Å². The van der Waals surface area contributed by atoms with Gasteiger partial charge in [0.05, 0.1) is 19.2 Å². The zero-order chi connectivity index (χ0) is 16.3. The molecule has 0 saturated carbocycles. The number of carbonyl (C=O) groups excluding carboxylic acids is 1. The Morgan fingerprint density at radius 2 is 2.18 bits per heavy atom. The summed E-state index contributed by atoms with van der Waals surface area (Å²) < 4.78 is 43.0. The molecule has 0 saturated heterocycles. The summed E-state index contributed by atoms with van der Waals surface area (Å²) in [6.45, 7) is 0.152. The predicted molar refractivity (Wildman–Crippen MR) is 73.5 cm³/mol.